The number of amides is 2. The minimum Gasteiger partial charge on any atom is -0.334 e. The lowest BCUT2D eigenvalue weighted by Crippen LogP contribution is -2.36. The summed E-state index contributed by atoms with van der Waals surface area (Å²) in [4.78, 5) is 11.7. The second-order valence-corrected chi connectivity index (χ2v) is 4.07. The molecule has 1 unspecified atom stereocenters. The molecule has 0 saturated heterocycles. The summed E-state index contributed by atoms with van der Waals surface area (Å²) in [6.07, 6.45) is 3.46. The van der Waals surface area contributed by atoms with Crippen molar-refractivity contribution < 1.29 is 4.79 Å². The normalized spacial score (nSPS) is 11.8. The van der Waals surface area contributed by atoms with Gasteiger partial charge >= 0.3 is 6.03 Å². The monoisotopic (exact) mass is 244 g/mol. The van der Waals surface area contributed by atoms with Gasteiger partial charge in [0.05, 0.1) is 12.2 Å². The number of aromatic amines is 1. The lowest BCUT2D eigenvalue weighted by molar-refractivity contribution is 0.237. The van der Waals surface area contributed by atoms with E-state index in [0.29, 0.717) is 6.54 Å². The van der Waals surface area contributed by atoms with Crippen LogP contribution in [0, 0.1) is 0 Å². The second kappa shape index (κ2) is 5.86. The molecule has 1 aromatic carbocycles. The van der Waals surface area contributed by atoms with Gasteiger partial charge in [-0.3, -0.25) is 5.10 Å². The van der Waals surface area contributed by atoms with Crippen molar-refractivity contribution in [3.05, 3.63) is 53.9 Å². The second-order valence-electron chi connectivity index (χ2n) is 4.07. The number of aromatic nitrogens is 2. The van der Waals surface area contributed by atoms with Crippen molar-refractivity contribution in [1.82, 2.24) is 20.8 Å². The van der Waals surface area contributed by atoms with Gasteiger partial charge in [-0.05, 0) is 12.5 Å². The zero-order valence-corrected chi connectivity index (χ0v) is 10.2. The summed E-state index contributed by atoms with van der Waals surface area (Å²) in [5.74, 6) is 0. The molecule has 0 saturated carbocycles. The van der Waals surface area contributed by atoms with Crippen LogP contribution in [0.5, 0.6) is 0 Å². The van der Waals surface area contributed by atoms with Crippen LogP contribution in [0.2, 0.25) is 0 Å². The third kappa shape index (κ3) is 3.35. The Balaban J connectivity index is 1.79. The van der Waals surface area contributed by atoms with E-state index in [9.17, 15) is 4.79 Å². The van der Waals surface area contributed by atoms with Crippen LogP contribution in [0.4, 0.5) is 4.79 Å². The molecule has 2 rings (SSSR count). The predicted octanol–water partition coefficient (Wildman–Crippen LogP) is 1.97. The molecule has 1 atom stereocenters. The third-order valence-corrected chi connectivity index (χ3v) is 2.66. The predicted molar refractivity (Wildman–Crippen MR) is 68.8 cm³/mol. The highest BCUT2D eigenvalue weighted by molar-refractivity contribution is 5.74. The molecule has 1 aromatic heterocycles. The minimum absolute atomic E-state index is 0.0699. The van der Waals surface area contributed by atoms with E-state index in [4.69, 9.17) is 0 Å². The zero-order valence-electron chi connectivity index (χ0n) is 10.2. The van der Waals surface area contributed by atoms with Crippen LogP contribution >= 0.6 is 0 Å². The average molecular weight is 244 g/mol. The van der Waals surface area contributed by atoms with Gasteiger partial charge < -0.3 is 10.6 Å². The van der Waals surface area contributed by atoms with Gasteiger partial charge in [0.2, 0.25) is 0 Å². The maximum Gasteiger partial charge on any atom is 0.315 e. The summed E-state index contributed by atoms with van der Waals surface area (Å²) in [5.41, 5.74) is 2.02. The Hall–Kier alpha value is -2.30. The van der Waals surface area contributed by atoms with E-state index in [-0.39, 0.29) is 12.1 Å². The van der Waals surface area contributed by atoms with E-state index in [2.05, 4.69) is 20.8 Å². The van der Waals surface area contributed by atoms with Crippen molar-refractivity contribution in [3.63, 3.8) is 0 Å². The van der Waals surface area contributed by atoms with Gasteiger partial charge in [0, 0.05) is 18.3 Å². The molecule has 0 bridgehead atoms. The van der Waals surface area contributed by atoms with Crippen molar-refractivity contribution >= 4 is 6.03 Å². The van der Waals surface area contributed by atoms with Crippen LogP contribution in [0.15, 0.2) is 42.7 Å². The molecule has 0 aliphatic rings. The molecule has 2 aromatic rings. The molecular weight excluding hydrogens is 228 g/mol. The summed E-state index contributed by atoms with van der Waals surface area (Å²) < 4.78 is 0. The number of H-pyrrole nitrogens is 1. The summed E-state index contributed by atoms with van der Waals surface area (Å²) in [6.45, 7) is 2.43. The molecule has 18 heavy (non-hydrogen) atoms. The number of benzene rings is 1. The summed E-state index contributed by atoms with van der Waals surface area (Å²) >= 11 is 0. The molecule has 1 heterocycles. The number of nitrogens with one attached hydrogen (secondary N) is 3. The van der Waals surface area contributed by atoms with Gasteiger partial charge in [-0.25, -0.2) is 4.79 Å². The number of carbonyl (C=O) groups is 1. The van der Waals surface area contributed by atoms with Crippen molar-refractivity contribution in [3.8, 4) is 0 Å². The molecule has 5 heteroatoms. The Bertz CT molecular complexity index is 481. The smallest absolute Gasteiger partial charge is 0.315 e. The highest BCUT2D eigenvalue weighted by atomic mass is 16.2. The fraction of sp³-hybridized carbons (Fsp3) is 0.231. The highest BCUT2D eigenvalue weighted by Crippen LogP contribution is 2.08. The maximum absolute atomic E-state index is 11.7. The van der Waals surface area contributed by atoms with Crippen LogP contribution in [0.1, 0.15) is 24.1 Å². The van der Waals surface area contributed by atoms with Crippen molar-refractivity contribution in [1.29, 1.82) is 0 Å². The fourth-order valence-electron chi connectivity index (χ4n) is 1.61. The zero-order chi connectivity index (χ0) is 12.8. The number of carbonyl (C=O) groups excluding carboxylic acids is 1. The largest absolute Gasteiger partial charge is 0.334 e. The van der Waals surface area contributed by atoms with Crippen LogP contribution < -0.4 is 10.6 Å². The first-order valence-electron chi connectivity index (χ1n) is 5.82. The van der Waals surface area contributed by atoms with Crippen molar-refractivity contribution in [2.75, 3.05) is 0 Å². The first-order chi connectivity index (χ1) is 8.75. The topological polar surface area (TPSA) is 69.8 Å². The van der Waals surface area contributed by atoms with Crippen molar-refractivity contribution in [2.24, 2.45) is 0 Å². The van der Waals surface area contributed by atoms with E-state index >= 15 is 0 Å². The van der Waals surface area contributed by atoms with E-state index in [1.165, 1.54) is 0 Å². The van der Waals surface area contributed by atoms with Gasteiger partial charge in [0.1, 0.15) is 0 Å². The molecule has 94 valence electrons. The maximum atomic E-state index is 11.7. The van der Waals surface area contributed by atoms with Crippen LogP contribution in [0.25, 0.3) is 0 Å². The molecule has 2 amide bonds. The lowest BCUT2D eigenvalue weighted by Gasteiger charge is -2.13. The summed E-state index contributed by atoms with van der Waals surface area (Å²) in [6, 6.07) is 9.53. The Labute approximate surface area is 106 Å². The van der Waals surface area contributed by atoms with Crippen LogP contribution in [-0.4, -0.2) is 16.2 Å². The first-order valence-corrected chi connectivity index (χ1v) is 5.82. The van der Waals surface area contributed by atoms with Gasteiger partial charge in [-0.1, -0.05) is 30.3 Å². The van der Waals surface area contributed by atoms with Gasteiger partial charge in [0.15, 0.2) is 0 Å². The minimum atomic E-state index is -0.187. The fourth-order valence-corrected chi connectivity index (χ4v) is 1.61. The number of hydrogen-bond donors (Lipinski definition) is 3. The molecule has 0 spiro atoms. The van der Waals surface area contributed by atoms with E-state index in [1.54, 1.807) is 12.4 Å². The molecule has 0 fully saturated rings. The average Bonchev–Trinajstić information content (AvgIpc) is 2.91. The molecular formula is C13H16N4O. The quantitative estimate of drug-likeness (QED) is 0.769. The van der Waals surface area contributed by atoms with Gasteiger partial charge in [0.25, 0.3) is 0 Å². The molecule has 3 N–H and O–H groups in total. The van der Waals surface area contributed by atoms with Gasteiger partial charge in [-0.2, -0.15) is 5.10 Å². The number of rotatable bonds is 4. The Morgan fingerprint density at radius 1 is 1.39 bits per heavy atom. The van der Waals surface area contributed by atoms with Crippen molar-refractivity contribution in [2.45, 2.75) is 19.5 Å². The first kappa shape index (κ1) is 12.2. The van der Waals surface area contributed by atoms with Crippen LogP contribution in [0.3, 0.4) is 0 Å². The highest BCUT2D eigenvalue weighted by Gasteiger charge is 2.09. The number of nitrogens with zero attached hydrogens (tertiary/aromatic N) is 1. The van der Waals surface area contributed by atoms with E-state index in [0.717, 1.165) is 11.1 Å². The Kier molecular flexibility index (Phi) is 3.96. The number of hydrogen-bond acceptors (Lipinski definition) is 2. The molecule has 0 aliphatic heterocycles. The third-order valence-electron chi connectivity index (χ3n) is 2.66. The Morgan fingerprint density at radius 2 is 2.17 bits per heavy atom. The summed E-state index contributed by atoms with van der Waals surface area (Å²) in [7, 11) is 0. The SMILES string of the molecule is CC(NC(=O)NCc1ccccc1)c1cn[nH]c1. The number of urea groups is 1. The standard InChI is InChI=1S/C13H16N4O/c1-10(12-8-15-16-9-12)17-13(18)14-7-11-5-3-2-4-6-11/h2-6,8-10H,7H2,1H3,(H,15,16)(H2,14,17,18). The molecule has 5 nitrogen and oxygen atoms in total. The van der Waals surface area contributed by atoms with E-state index in [1.807, 2.05) is 37.3 Å². The Morgan fingerprint density at radius 3 is 2.83 bits per heavy atom. The van der Waals surface area contributed by atoms with E-state index < -0.39 is 0 Å². The molecule has 0 aliphatic carbocycles. The lowest BCUT2D eigenvalue weighted by atomic mass is 10.2. The molecule has 0 radical (unpaired) electrons. The summed E-state index contributed by atoms with van der Waals surface area (Å²) in [5, 5.41) is 12.2. The van der Waals surface area contributed by atoms with Gasteiger partial charge in [-0.15, -0.1) is 0 Å². The van der Waals surface area contributed by atoms with Crippen LogP contribution in [-0.2, 0) is 6.54 Å².